The van der Waals surface area contributed by atoms with Gasteiger partial charge in [-0.15, -0.1) is 5.72 Å². The Morgan fingerprint density at radius 2 is 1.53 bits per heavy atom. The first kappa shape index (κ1) is 32.7. The maximum atomic E-state index is 13.9. The first-order chi connectivity index (χ1) is 20.0. The molecule has 2 atom stereocenters. The molecule has 1 heterocycles. The molecule has 0 saturated carbocycles. The second kappa shape index (κ2) is 12.4. The van der Waals surface area contributed by atoms with E-state index in [-0.39, 0.29) is 29.2 Å². The van der Waals surface area contributed by atoms with Gasteiger partial charge in [0, 0.05) is 4.90 Å². The van der Waals surface area contributed by atoms with Gasteiger partial charge < -0.3 is 19.3 Å². The molecular weight excluding hydrogens is 554 g/mol. The maximum Gasteiger partial charge on any atom is 0.335 e. The number of aromatic carboxylic acids is 1. The van der Waals surface area contributed by atoms with Crippen molar-refractivity contribution >= 4 is 78.7 Å². The molecule has 0 aliphatic carbocycles. The summed E-state index contributed by atoms with van der Waals surface area (Å²) in [6.45, 7) is 3.74. The molecule has 0 fully saturated rings. The Balaban J connectivity index is 1.75. The summed E-state index contributed by atoms with van der Waals surface area (Å²) >= 11 is 0.994. The third-order valence-electron chi connectivity index (χ3n) is 6.93. The van der Waals surface area contributed by atoms with Crippen LogP contribution in [0.25, 0.3) is 0 Å². The van der Waals surface area contributed by atoms with Gasteiger partial charge in [-0.3, -0.25) is 9.52 Å². The fourth-order valence-electron chi connectivity index (χ4n) is 4.26. The van der Waals surface area contributed by atoms with Gasteiger partial charge in [-0.05, 0) is 70.9 Å². The summed E-state index contributed by atoms with van der Waals surface area (Å²) in [6, 6.07) is 15.6. The van der Waals surface area contributed by atoms with Gasteiger partial charge >= 0.3 is 5.97 Å². The SMILES string of the molecule is [B]C([B])C([B])C([B])([B])c1cc(C(=O)O)ccc1OC([B])(C(=O)NSc1ccc(C([B])(C)C)cc1)c1ccc2c(c1)OCO2. The number of carboxylic acid groups (broad SMARTS) is 1. The molecule has 14 radical (unpaired) electrons. The topological polar surface area (TPSA) is 94.1 Å². The lowest BCUT2D eigenvalue weighted by atomic mass is 9.35. The van der Waals surface area contributed by atoms with Crippen molar-refractivity contribution in [3.8, 4) is 17.2 Å². The largest absolute Gasteiger partial charge is 0.483 e. The van der Waals surface area contributed by atoms with Crippen LogP contribution in [0.3, 0.4) is 0 Å². The van der Waals surface area contributed by atoms with Gasteiger partial charge in [0.15, 0.2) is 24.8 Å². The van der Waals surface area contributed by atoms with E-state index in [1.807, 2.05) is 26.0 Å². The molecule has 3 aromatic carbocycles. The van der Waals surface area contributed by atoms with Crippen LogP contribution in [0.15, 0.2) is 65.6 Å². The van der Waals surface area contributed by atoms with Crippen LogP contribution in [0, 0.1) is 0 Å². The molecule has 7 nitrogen and oxygen atoms in total. The Labute approximate surface area is 265 Å². The fourth-order valence-corrected chi connectivity index (χ4v) is 4.89. The van der Waals surface area contributed by atoms with Crippen molar-refractivity contribution in [3.63, 3.8) is 0 Å². The lowest BCUT2D eigenvalue weighted by Gasteiger charge is -2.40. The Hall–Kier alpha value is -3.20. The Kier molecular flexibility index (Phi) is 9.45. The zero-order chi connectivity index (χ0) is 31.7. The van der Waals surface area contributed by atoms with Crippen molar-refractivity contribution in [1.82, 2.24) is 4.72 Å². The zero-order valence-electron chi connectivity index (χ0n) is 23.6. The molecule has 0 aromatic heterocycles. The third kappa shape index (κ3) is 6.98. The number of nitrogens with one attached hydrogen (secondary N) is 1. The molecule has 43 heavy (non-hydrogen) atoms. The molecule has 1 amide bonds. The molecule has 1 aliphatic rings. The van der Waals surface area contributed by atoms with Crippen LogP contribution in [0.5, 0.6) is 17.2 Å². The number of carbonyl (C=O) groups excluding carboxylic acids is 1. The first-order valence-corrected chi connectivity index (χ1v) is 13.8. The molecule has 2 unspecified atom stereocenters. The Bertz CT molecular complexity index is 1520. The number of carbonyl (C=O) groups is 2. The number of fused-ring (bicyclic) bond motifs is 1. The standard InChI is InChI=1S/C28H22B7NO6S/c1-26(2,32)15-4-7-17(8-5-15)43-36-25(39)28(35,16-6-10-20-21(12-16)41-13-40-20)42-19-9-3-14(24(37)38)11-18(19)27(33,34)22(29)23(30)31/h3-12,22-23H,13H2,1-2H3,(H,36,39)(H,37,38). The van der Waals surface area contributed by atoms with E-state index in [1.165, 1.54) is 24.3 Å². The minimum Gasteiger partial charge on any atom is -0.483 e. The molecule has 15 heteroatoms. The highest BCUT2D eigenvalue weighted by molar-refractivity contribution is 7.98. The number of hydrogen-bond acceptors (Lipinski definition) is 6. The lowest BCUT2D eigenvalue weighted by molar-refractivity contribution is -0.129. The van der Waals surface area contributed by atoms with E-state index >= 15 is 0 Å². The molecule has 0 bridgehead atoms. The van der Waals surface area contributed by atoms with Crippen molar-refractivity contribution < 1.29 is 28.9 Å². The second-order valence-electron chi connectivity index (χ2n) is 10.7. The van der Waals surface area contributed by atoms with Crippen molar-refractivity contribution in [2.24, 2.45) is 0 Å². The minimum atomic E-state index is -2.24. The molecule has 2 N–H and O–H groups in total. The van der Waals surface area contributed by atoms with E-state index in [9.17, 15) is 14.7 Å². The maximum absolute atomic E-state index is 13.9. The van der Waals surface area contributed by atoms with Crippen LogP contribution < -0.4 is 18.9 Å². The van der Waals surface area contributed by atoms with Crippen LogP contribution in [0.1, 0.15) is 40.9 Å². The summed E-state index contributed by atoms with van der Waals surface area (Å²) in [5, 5.41) is 7.06. The highest BCUT2D eigenvalue weighted by Gasteiger charge is 2.41. The molecule has 3 aromatic rings. The number of benzene rings is 3. The number of carboxylic acids is 1. The summed E-state index contributed by atoms with van der Waals surface area (Å²) in [7, 11) is 43.3. The van der Waals surface area contributed by atoms with E-state index in [4.69, 9.17) is 69.1 Å². The normalized spacial score (nSPS) is 15.0. The van der Waals surface area contributed by atoms with E-state index in [0.29, 0.717) is 16.4 Å². The van der Waals surface area contributed by atoms with Crippen molar-refractivity contribution in [3.05, 3.63) is 82.9 Å². The Morgan fingerprint density at radius 3 is 2.14 bits per heavy atom. The Morgan fingerprint density at radius 1 is 0.907 bits per heavy atom. The smallest absolute Gasteiger partial charge is 0.335 e. The van der Waals surface area contributed by atoms with Gasteiger partial charge in [0.2, 0.25) is 6.79 Å². The van der Waals surface area contributed by atoms with Crippen molar-refractivity contribution in [1.29, 1.82) is 0 Å². The van der Waals surface area contributed by atoms with Gasteiger partial charge in [0.1, 0.15) is 5.75 Å². The van der Waals surface area contributed by atoms with Crippen LogP contribution in [0.2, 0.25) is 11.5 Å². The van der Waals surface area contributed by atoms with E-state index in [0.717, 1.165) is 23.6 Å². The third-order valence-corrected chi connectivity index (χ3v) is 7.72. The first-order valence-electron chi connectivity index (χ1n) is 13.0. The molecule has 202 valence electrons. The molecular formula is C28H22B7NO6S. The average molecular weight is 576 g/mol. The number of hydrogen-bond donors (Lipinski definition) is 2. The van der Waals surface area contributed by atoms with Gasteiger partial charge in [-0.2, -0.15) is 0 Å². The highest BCUT2D eigenvalue weighted by atomic mass is 32.2. The molecule has 0 spiro atoms. The zero-order valence-corrected chi connectivity index (χ0v) is 24.4. The average Bonchev–Trinajstić information content (AvgIpc) is 3.43. The summed E-state index contributed by atoms with van der Waals surface area (Å²) in [5.74, 6) is -2.68. The molecule has 0 saturated heterocycles. The van der Waals surface area contributed by atoms with Crippen molar-refractivity contribution in [2.75, 3.05) is 6.79 Å². The lowest BCUT2D eigenvalue weighted by Crippen LogP contribution is -2.48. The fraction of sp³-hybridized carbons (Fsp3) is 0.286. The summed E-state index contributed by atoms with van der Waals surface area (Å²) in [5.41, 5.74) is -2.64. The van der Waals surface area contributed by atoms with Crippen LogP contribution >= 0.6 is 11.9 Å². The summed E-state index contributed by atoms with van der Waals surface area (Å²) < 4.78 is 19.8. The summed E-state index contributed by atoms with van der Waals surface area (Å²) in [4.78, 5) is 26.3. The molecule has 1 aliphatic heterocycles. The van der Waals surface area contributed by atoms with E-state index < -0.39 is 39.4 Å². The van der Waals surface area contributed by atoms with Gasteiger partial charge in [0.25, 0.3) is 5.91 Å². The second-order valence-corrected chi connectivity index (χ2v) is 11.6. The van der Waals surface area contributed by atoms with E-state index in [2.05, 4.69) is 4.72 Å². The van der Waals surface area contributed by atoms with Crippen LogP contribution in [0.4, 0.5) is 0 Å². The van der Waals surface area contributed by atoms with Crippen LogP contribution in [-0.2, 0) is 20.8 Å². The number of rotatable bonds is 11. The van der Waals surface area contributed by atoms with Crippen molar-refractivity contribution in [2.45, 2.75) is 46.3 Å². The quantitative estimate of drug-likeness (QED) is 0.268. The van der Waals surface area contributed by atoms with E-state index in [1.54, 1.807) is 18.2 Å². The summed E-state index contributed by atoms with van der Waals surface area (Å²) in [6.07, 6.45) is 0. The number of ether oxygens (including phenoxy) is 3. The van der Waals surface area contributed by atoms with Gasteiger partial charge in [-0.25, -0.2) is 4.79 Å². The minimum absolute atomic E-state index is 0.0181. The number of amides is 1. The monoisotopic (exact) mass is 577 g/mol. The predicted octanol–water partition coefficient (Wildman–Crippen LogP) is 2.27. The highest BCUT2D eigenvalue weighted by Crippen LogP contribution is 2.43. The molecule has 4 rings (SSSR count). The van der Waals surface area contributed by atoms with Gasteiger partial charge in [-0.1, -0.05) is 48.6 Å². The van der Waals surface area contributed by atoms with Crippen LogP contribution in [-0.4, -0.2) is 78.7 Å². The van der Waals surface area contributed by atoms with Gasteiger partial charge in [0.05, 0.1) is 52.6 Å². The predicted molar refractivity (Wildman–Crippen MR) is 171 cm³/mol.